The predicted octanol–water partition coefficient (Wildman–Crippen LogP) is 3.64. The lowest BCUT2D eigenvalue weighted by Gasteiger charge is -2.16. The van der Waals surface area contributed by atoms with Crippen molar-refractivity contribution in [3.63, 3.8) is 0 Å². The van der Waals surface area contributed by atoms with E-state index in [1.807, 2.05) is 30.5 Å². The minimum atomic E-state index is -0.246. The van der Waals surface area contributed by atoms with Gasteiger partial charge in [-0.2, -0.15) is 5.26 Å². The molecule has 1 aromatic carbocycles. The largest absolute Gasteiger partial charge is 0.342 e. The number of fused-ring (bicyclic) bond motifs is 1. The van der Waals surface area contributed by atoms with Crippen LogP contribution >= 0.6 is 23.1 Å². The Morgan fingerprint density at radius 1 is 1.31 bits per heavy atom. The van der Waals surface area contributed by atoms with Gasteiger partial charge >= 0.3 is 0 Å². The number of amides is 1. The van der Waals surface area contributed by atoms with E-state index in [0.29, 0.717) is 17.5 Å². The number of hydrogen-bond acceptors (Lipinski definition) is 7. The number of carbonyl (C=O) groups is 1. The van der Waals surface area contributed by atoms with Crippen LogP contribution in [0.1, 0.15) is 16.2 Å². The molecule has 1 N–H and O–H groups in total. The third-order valence-electron chi connectivity index (χ3n) is 5.37. The molecular weight excluding hydrogens is 402 g/mol. The summed E-state index contributed by atoms with van der Waals surface area (Å²) in [6.45, 7) is 1.33. The van der Waals surface area contributed by atoms with Crippen LogP contribution in [0, 0.1) is 17.4 Å². The molecule has 1 amide bonds. The first-order valence-electron chi connectivity index (χ1n) is 9.27. The van der Waals surface area contributed by atoms with E-state index in [9.17, 15) is 4.79 Å². The molecule has 0 spiro atoms. The molecule has 2 aromatic heterocycles. The van der Waals surface area contributed by atoms with Crippen LogP contribution in [-0.2, 0) is 0 Å². The van der Waals surface area contributed by atoms with Crippen LogP contribution in [0.3, 0.4) is 0 Å². The lowest BCUT2D eigenvalue weighted by Crippen LogP contribution is -2.41. The average Bonchev–Trinajstić information content (AvgIpc) is 3.10. The van der Waals surface area contributed by atoms with E-state index in [2.05, 4.69) is 33.6 Å². The molecule has 3 aromatic rings. The Labute approximate surface area is 176 Å². The van der Waals surface area contributed by atoms with Crippen LogP contribution in [0.15, 0.2) is 64.8 Å². The van der Waals surface area contributed by atoms with Crippen molar-refractivity contribution in [1.29, 1.82) is 5.26 Å². The molecule has 2 atom stereocenters. The highest BCUT2D eigenvalue weighted by Gasteiger charge is 2.61. The topological polar surface area (TPSA) is 81.9 Å². The molecule has 1 saturated heterocycles. The number of nitrogens with one attached hydrogen (secondary N) is 1. The third-order valence-corrected chi connectivity index (χ3v) is 7.45. The quantitative estimate of drug-likeness (QED) is 0.636. The van der Waals surface area contributed by atoms with Gasteiger partial charge in [-0.05, 0) is 24.6 Å². The first-order valence-corrected chi connectivity index (χ1v) is 10.9. The SMILES string of the molecule is N#CN1CC2C[C@]2(NC(=O)c2ncc(-c3ccncc3Sc3ccccc3)s2)C1. The number of piperidine rings is 1. The van der Waals surface area contributed by atoms with Crippen molar-refractivity contribution in [2.45, 2.75) is 21.8 Å². The van der Waals surface area contributed by atoms with E-state index in [0.717, 1.165) is 33.2 Å². The van der Waals surface area contributed by atoms with E-state index in [-0.39, 0.29) is 11.4 Å². The molecular formula is C21H17N5OS2. The summed E-state index contributed by atoms with van der Waals surface area (Å²) in [5.74, 6) is 0.217. The number of thiazole rings is 1. The molecule has 0 radical (unpaired) electrons. The number of rotatable bonds is 5. The molecule has 1 saturated carbocycles. The molecule has 1 aliphatic heterocycles. The van der Waals surface area contributed by atoms with Gasteiger partial charge < -0.3 is 10.2 Å². The number of carbonyl (C=O) groups excluding carboxylic acids is 1. The minimum Gasteiger partial charge on any atom is -0.342 e. The number of hydrogen-bond donors (Lipinski definition) is 1. The number of likely N-dealkylation sites (tertiary alicyclic amines) is 1. The van der Waals surface area contributed by atoms with Crippen LogP contribution in [0.2, 0.25) is 0 Å². The molecule has 29 heavy (non-hydrogen) atoms. The Balaban J connectivity index is 1.35. The summed E-state index contributed by atoms with van der Waals surface area (Å²) in [5.41, 5.74) is 0.772. The molecule has 144 valence electrons. The maximum absolute atomic E-state index is 12.8. The van der Waals surface area contributed by atoms with Gasteiger partial charge in [0, 0.05) is 46.4 Å². The van der Waals surface area contributed by atoms with Crippen LogP contribution in [0.4, 0.5) is 0 Å². The zero-order chi connectivity index (χ0) is 19.8. The van der Waals surface area contributed by atoms with Gasteiger partial charge in [0.2, 0.25) is 0 Å². The maximum Gasteiger partial charge on any atom is 0.280 e. The molecule has 1 aliphatic carbocycles. The van der Waals surface area contributed by atoms with E-state index in [1.54, 1.807) is 29.1 Å². The van der Waals surface area contributed by atoms with Crippen molar-refractivity contribution >= 4 is 29.0 Å². The fourth-order valence-electron chi connectivity index (χ4n) is 3.82. The Morgan fingerprint density at radius 2 is 2.17 bits per heavy atom. The summed E-state index contributed by atoms with van der Waals surface area (Å²) in [6, 6.07) is 12.1. The molecule has 6 nitrogen and oxygen atoms in total. The predicted molar refractivity (Wildman–Crippen MR) is 111 cm³/mol. The van der Waals surface area contributed by atoms with Gasteiger partial charge in [-0.15, -0.1) is 11.3 Å². The standard InChI is InChI=1S/C21H17N5OS2/c22-13-26-11-14-8-21(14,12-26)25-19(27)20-24-10-18(29-20)16-6-7-23-9-17(16)28-15-4-2-1-3-5-15/h1-7,9-10,14H,8,11-12H2,(H,25,27)/t14?,21-/m0/s1. The highest BCUT2D eigenvalue weighted by molar-refractivity contribution is 7.99. The number of aromatic nitrogens is 2. The highest BCUT2D eigenvalue weighted by atomic mass is 32.2. The smallest absolute Gasteiger partial charge is 0.280 e. The fourth-order valence-corrected chi connectivity index (χ4v) is 5.68. The number of nitrogens with zero attached hydrogens (tertiary/aromatic N) is 4. The molecule has 3 heterocycles. The summed E-state index contributed by atoms with van der Waals surface area (Å²) in [6.07, 6.45) is 8.47. The molecule has 0 bridgehead atoms. The highest BCUT2D eigenvalue weighted by Crippen LogP contribution is 2.49. The van der Waals surface area contributed by atoms with Gasteiger partial charge in [-0.3, -0.25) is 9.78 Å². The summed E-state index contributed by atoms with van der Waals surface area (Å²) >= 11 is 3.02. The van der Waals surface area contributed by atoms with Gasteiger partial charge in [0.05, 0.1) is 17.0 Å². The molecule has 8 heteroatoms. The zero-order valence-electron chi connectivity index (χ0n) is 15.4. The van der Waals surface area contributed by atoms with Gasteiger partial charge in [0.25, 0.3) is 5.91 Å². The van der Waals surface area contributed by atoms with Crippen LogP contribution in [0.25, 0.3) is 10.4 Å². The Bertz CT molecular complexity index is 1110. The maximum atomic E-state index is 12.8. The zero-order valence-corrected chi connectivity index (χ0v) is 17.0. The van der Waals surface area contributed by atoms with Crippen molar-refractivity contribution in [3.8, 4) is 16.6 Å². The normalized spacial score (nSPS) is 22.0. The van der Waals surface area contributed by atoms with Gasteiger partial charge in [-0.1, -0.05) is 30.0 Å². The minimum absolute atomic E-state index is 0.158. The average molecular weight is 420 g/mol. The summed E-state index contributed by atoms with van der Waals surface area (Å²) < 4.78 is 0. The second-order valence-corrected chi connectivity index (χ2v) is 9.45. The third kappa shape index (κ3) is 3.48. The first-order chi connectivity index (χ1) is 14.2. The second kappa shape index (κ2) is 7.17. The Kier molecular flexibility index (Phi) is 4.49. The molecule has 2 fully saturated rings. The van der Waals surface area contributed by atoms with Crippen LogP contribution in [0.5, 0.6) is 0 Å². The lowest BCUT2D eigenvalue weighted by atomic mass is 10.2. The van der Waals surface area contributed by atoms with Crippen molar-refractivity contribution in [3.05, 3.63) is 60.0 Å². The second-order valence-electron chi connectivity index (χ2n) is 7.31. The number of benzene rings is 1. The lowest BCUT2D eigenvalue weighted by molar-refractivity contribution is 0.0929. The fraction of sp³-hybridized carbons (Fsp3) is 0.238. The van der Waals surface area contributed by atoms with Crippen molar-refractivity contribution in [2.24, 2.45) is 5.92 Å². The van der Waals surface area contributed by atoms with E-state index >= 15 is 0 Å². The molecule has 5 rings (SSSR count). The Morgan fingerprint density at radius 3 is 2.97 bits per heavy atom. The van der Waals surface area contributed by atoms with Crippen molar-refractivity contribution < 1.29 is 4.79 Å². The first kappa shape index (κ1) is 18.2. The van der Waals surface area contributed by atoms with Crippen molar-refractivity contribution in [1.82, 2.24) is 20.2 Å². The van der Waals surface area contributed by atoms with E-state index < -0.39 is 0 Å². The van der Waals surface area contributed by atoms with E-state index in [4.69, 9.17) is 5.26 Å². The molecule has 1 unspecified atom stereocenters. The molecule has 2 aliphatic rings. The van der Waals surface area contributed by atoms with Crippen LogP contribution in [-0.4, -0.2) is 39.4 Å². The van der Waals surface area contributed by atoms with Gasteiger partial charge in [0.15, 0.2) is 11.2 Å². The Hall–Kier alpha value is -2.89. The van der Waals surface area contributed by atoms with Gasteiger partial charge in [0.1, 0.15) is 0 Å². The summed E-state index contributed by atoms with van der Waals surface area (Å²) in [7, 11) is 0. The van der Waals surface area contributed by atoms with Crippen LogP contribution < -0.4 is 5.32 Å². The van der Waals surface area contributed by atoms with Crippen molar-refractivity contribution in [2.75, 3.05) is 13.1 Å². The summed E-state index contributed by atoms with van der Waals surface area (Å²) in [4.78, 5) is 26.2. The van der Waals surface area contributed by atoms with Gasteiger partial charge in [-0.25, -0.2) is 4.98 Å². The monoisotopic (exact) mass is 419 g/mol. The number of nitriles is 1. The number of pyridine rings is 1. The van der Waals surface area contributed by atoms with E-state index in [1.165, 1.54) is 11.3 Å². The summed E-state index contributed by atoms with van der Waals surface area (Å²) in [5, 5.41) is 12.7.